The van der Waals surface area contributed by atoms with E-state index < -0.39 is 0 Å². The Bertz CT molecular complexity index is 954. The van der Waals surface area contributed by atoms with Gasteiger partial charge in [-0.15, -0.1) is 0 Å². The van der Waals surface area contributed by atoms with Crippen molar-refractivity contribution in [1.29, 1.82) is 0 Å². The highest BCUT2D eigenvalue weighted by Gasteiger charge is 2.28. The molecule has 0 aliphatic carbocycles. The normalized spacial score (nSPS) is 19.0. The highest BCUT2D eigenvalue weighted by atomic mass is 16.5. The molecule has 1 aliphatic rings. The van der Waals surface area contributed by atoms with Gasteiger partial charge in [-0.1, -0.05) is 48.5 Å². The zero-order chi connectivity index (χ0) is 19.5. The summed E-state index contributed by atoms with van der Waals surface area (Å²) in [5.41, 5.74) is 2.65. The second kappa shape index (κ2) is 7.84. The first-order chi connectivity index (χ1) is 13.6. The molecule has 1 N–H and O–H groups in total. The number of carbonyl (C=O) groups is 1. The Hall–Kier alpha value is -3.15. The molecular weight excluding hydrogens is 352 g/mol. The largest absolute Gasteiger partial charge is 0.360 e. The summed E-state index contributed by atoms with van der Waals surface area (Å²) in [7, 11) is 2.01. The number of hydrogen-bond donors (Lipinski definition) is 1. The predicted octanol–water partition coefficient (Wildman–Crippen LogP) is 3.09. The van der Waals surface area contributed by atoms with Crippen LogP contribution >= 0.6 is 0 Å². The topological polar surface area (TPSA) is 71.3 Å². The standard InChI is InChI=1S/C22H24N4O2/c1-15-11-17-9-6-10-23-21(17)26(2)14-20(15)24-22(27)19-13-18(28-25-19)12-16-7-4-3-5-8-16/h3-10,13,15,20H,11-12,14H2,1-2H3,(H,24,27)/t15-,20+/m0/s1. The van der Waals surface area contributed by atoms with Crippen LogP contribution in [0.2, 0.25) is 0 Å². The third-order valence-corrected chi connectivity index (χ3v) is 5.26. The predicted molar refractivity (Wildman–Crippen MR) is 107 cm³/mol. The maximum atomic E-state index is 12.7. The molecule has 0 spiro atoms. The maximum Gasteiger partial charge on any atom is 0.273 e. The number of carbonyl (C=O) groups excluding carboxylic acids is 1. The fraction of sp³-hybridized carbons (Fsp3) is 0.318. The van der Waals surface area contributed by atoms with Crippen LogP contribution in [0, 0.1) is 5.92 Å². The minimum absolute atomic E-state index is 0.000901. The average molecular weight is 376 g/mol. The molecular formula is C22H24N4O2. The van der Waals surface area contributed by atoms with E-state index in [-0.39, 0.29) is 17.9 Å². The number of pyridine rings is 1. The fourth-order valence-electron chi connectivity index (χ4n) is 3.71. The van der Waals surface area contributed by atoms with Crippen LogP contribution in [0.25, 0.3) is 0 Å². The van der Waals surface area contributed by atoms with Gasteiger partial charge in [-0.2, -0.15) is 0 Å². The smallest absolute Gasteiger partial charge is 0.273 e. The van der Waals surface area contributed by atoms with Crippen molar-refractivity contribution in [2.75, 3.05) is 18.5 Å². The van der Waals surface area contributed by atoms with Gasteiger partial charge < -0.3 is 14.7 Å². The minimum Gasteiger partial charge on any atom is -0.360 e. The molecule has 0 unspecified atom stereocenters. The highest BCUT2D eigenvalue weighted by molar-refractivity contribution is 5.92. The Balaban J connectivity index is 1.44. The van der Waals surface area contributed by atoms with Crippen LogP contribution in [0.3, 0.4) is 0 Å². The number of likely N-dealkylation sites (N-methyl/N-ethyl adjacent to an activating group) is 1. The number of anilines is 1. The van der Waals surface area contributed by atoms with E-state index in [4.69, 9.17) is 4.52 Å². The summed E-state index contributed by atoms with van der Waals surface area (Å²) in [6.45, 7) is 2.86. The van der Waals surface area contributed by atoms with Crippen molar-refractivity contribution in [2.45, 2.75) is 25.8 Å². The molecule has 0 fully saturated rings. The Labute approximate surface area is 164 Å². The van der Waals surface area contributed by atoms with Crippen molar-refractivity contribution in [1.82, 2.24) is 15.5 Å². The van der Waals surface area contributed by atoms with Gasteiger partial charge in [0.05, 0.1) is 0 Å². The Morgan fingerprint density at radius 2 is 2.07 bits per heavy atom. The molecule has 2 atom stereocenters. The lowest BCUT2D eigenvalue weighted by atomic mass is 9.95. The summed E-state index contributed by atoms with van der Waals surface area (Å²) >= 11 is 0. The zero-order valence-corrected chi connectivity index (χ0v) is 16.1. The molecule has 28 heavy (non-hydrogen) atoms. The van der Waals surface area contributed by atoms with E-state index in [0.29, 0.717) is 24.4 Å². The molecule has 0 saturated heterocycles. The number of fused-ring (bicyclic) bond motifs is 1. The van der Waals surface area contributed by atoms with E-state index in [1.807, 2.05) is 49.6 Å². The minimum atomic E-state index is -0.202. The van der Waals surface area contributed by atoms with Crippen LogP contribution in [0.5, 0.6) is 0 Å². The molecule has 6 nitrogen and oxygen atoms in total. The van der Waals surface area contributed by atoms with Crippen LogP contribution in [-0.4, -0.2) is 35.7 Å². The lowest BCUT2D eigenvalue weighted by Gasteiger charge is -2.25. The van der Waals surface area contributed by atoms with Crippen molar-refractivity contribution in [2.24, 2.45) is 5.92 Å². The van der Waals surface area contributed by atoms with E-state index in [9.17, 15) is 4.79 Å². The lowest BCUT2D eigenvalue weighted by molar-refractivity contribution is 0.0917. The van der Waals surface area contributed by atoms with Crippen LogP contribution in [-0.2, 0) is 12.8 Å². The summed E-state index contributed by atoms with van der Waals surface area (Å²) in [4.78, 5) is 19.3. The van der Waals surface area contributed by atoms with Gasteiger partial charge in [-0.05, 0) is 29.5 Å². The quantitative estimate of drug-likeness (QED) is 0.758. The van der Waals surface area contributed by atoms with Gasteiger partial charge in [0.2, 0.25) is 0 Å². The van der Waals surface area contributed by atoms with Gasteiger partial charge in [0.1, 0.15) is 11.6 Å². The molecule has 2 aromatic heterocycles. The number of nitrogens with zero attached hydrogens (tertiary/aromatic N) is 3. The molecule has 1 aromatic carbocycles. The summed E-state index contributed by atoms with van der Waals surface area (Å²) in [6.07, 6.45) is 3.30. The summed E-state index contributed by atoms with van der Waals surface area (Å²) in [5, 5.41) is 7.11. The van der Waals surface area contributed by atoms with Gasteiger partial charge in [-0.3, -0.25) is 4.79 Å². The Morgan fingerprint density at radius 1 is 1.25 bits per heavy atom. The van der Waals surface area contributed by atoms with Crippen LogP contribution < -0.4 is 10.2 Å². The first kappa shape index (κ1) is 18.2. The number of nitrogens with one attached hydrogen (secondary N) is 1. The van der Waals surface area contributed by atoms with E-state index in [1.54, 1.807) is 6.07 Å². The van der Waals surface area contributed by atoms with Gasteiger partial charge >= 0.3 is 0 Å². The molecule has 3 heterocycles. The van der Waals surface area contributed by atoms with Crippen molar-refractivity contribution < 1.29 is 9.32 Å². The fourth-order valence-corrected chi connectivity index (χ4v) is 3.71. The summed E-state index contributed by atoms with van der Waals surface area (Å²) in [5.74, 6) is 1.75. The van der Waals surface area contributed by atoms with Gasteiger partial charge in [0.25, 0.3) is 5.91 Å². The Kier molecular flexibility index (Phi) is 5.10. The SMILES string of the molecule is C[C@H]1Cc2cccnc2N(C)C[C@H]1NC(=O)c1cc(Cc2ccccc2)on1. The molecule has 0 bridgehead atoms. The number of hydrogen-bond acceptors (Lipinski definition) is 5. The molecule has 1 amide bonds. The van der Waals surface area contributed by atoms with Crippen molar-refractivity contribution >= 4 is 11.7 Å². The van der Waals surface area contributed by atoms with E-state index in [2.05, 4.69) is 33.3 Å². The van der Waals surface area contributed by atoms with Crippen molar-refractivity contribution in [3.8, 4) is 0 Å². The third-order valence-electron chi connectivity index (χ3n) is 5.26. The van der Waals surface area contributed by atoms with E-state index in [1.165, 1.54) is 5.56 Å². The Morgan fingerprint density at radius 3 is 2.89 bits per heavy atom. The van der Waals surface area contributed by atoms with E-state index in [0.717, 1.165) is 17.8 Å². The van der Waals surface area contributed by atoms with Crippen LogP contribution in [0.4, 0.5) is 5.82 Å². The molecule has 3 aromatic rings. The van der Waals surface area contributed by atoms with Crippen molar-refractivity contribution in [3.63, 3.8) is 0 Å². The van der Waals surface area contributed by atoms with Gasteiger partial charge in [-0.25, -0.2) is 4.98 Å². The van der Waals surface area contributed by atoms with Crippen LogP contribution in [0.1, 0.15) is 34.3 Å². The molecule has 4 rings (SSSR count). The highest BCUT2D eigenvalue weighted by Crippen LogP contribution is 2.26. The van der Waals surface area contributed by atoms with Gasteiger partial charge in [0.15, 0.2) is 5.69 Å². The zero-order valence-electron chi connectivity index (χ0n) is 16.1. The number of aromatic nitrogens is 2. The molecule has 0 saturated carbocycles. The van der Waals surface area contributed by atoms with E-state index >= 15 is 0 Å². The summed E-state index contributed by atoms with van der Waals surface area (Å²) in [6, 6.07) is 15.8. The molecule has 6 heteroatoms. The number of rotatable bonds is 4. The monoisotopic (exact) mass is 376 g/mol. The second-order valence-electron chi connectivity index (χ2n) is 7.47. The third kappa shape index (κ3) is 3.91. The van der Waals surface area contributed by atoms with Crippen molar-refractivity contribution in [3.05, 3.63) is 77.3 Å². The molecule has 0 radical (unpaired) electrons. The molecule has 1 aliphatic heterocycles. The molecule has 144 valence electrons. The first-order valence-electron chi connectivity index (χ1n) is 9.55. The summed E-state index contributed by atoms with van der Waals surface area (Å²) < 4.78 is 5.37. The maximum absolute atomic E-state index is 12.7. The number of amides is 1. The second-order valence-corrected chi connectivity index (χ2v) is 7.47. The average Bonchev–Trinajstić information content (AvgIpc) is 3.12. The van der Waals surface area contributed by atoms with Gasteiger partial charge in [0, 0.05) is 38.3 Å². The van der Waals surface area contributed by atoms with Crippen LogP contribution in [0.15, 0.2) is 59.3 Å². The number of benzene rings is 1. The first-order valence-corrected chi connectivity index (χ1v) is 9.55. The lowest BCUT2D eigenvalue weighted by Crippen LogP contribution is -2.46.